The number of halogens is 1. The summed E-state index contributed by atoms with van der Waals surface area (Å²) in [5.41, 5.74) is 0.315. The predicted molar refractivity (Wildman–Crippen MR) is 76.8 cm³/mol. The van der Waals surface area contributed by atoms with Crippen LogP contribution in [0.3, 0.4) is 0 Å². The zero-order chi connectivity index (χ0) is 15.2. The molecule has 1 aromatic rings. The van der Waals surface area contributed by atoms with E-state index < -0.39 is 27.8 Å². The van der Waals surface area contributed by atoms with Crippen LogP contribution in [0.1, 0.15) is 24.8 Å². The van der Waals surface area contributed by atoms with Crippen LogP contribution in [0.15, 0.2) is 34.3 Å². The van der Waals surface area contributed by atoms with Crippen LogP contribution in [-0.4, -0.2) is 32.0 Å². The first kappa shape index (κ1) is 16.9. The maximum atomic E-state index is 13.3. The van der Waals surface area contributed by atoms with Gasteiger partial charge >= 0.3 is 10.1 Å². The third-order valence-corrected chi connectivity index (χ3v) is 4.32. The summed E-state index contributed by atoms with van der Waals surface area (Å²) in [6, 6.07) is 6.41. The zero-order valence-corrected chi connectivity index (χ0v) is 12.6. The molecule has 20 heavy (non-hydrogen) atoms. The van der Waals surface area contributed by atoms with Gasteiger partial charge < -0.3 is 5.21 Å². The number of hydrogen-bond acceptors (Lipinski definition) is 6. The normalized spacial score (nSPS) is 14.2. The molecule has 1 rings (SSSR count). The van der Waals surface area contributed by atoms with Crippen molar-refractivity contribution in [1.82, 2.24) is 0 Å². The summed E-state index contributed by atoms with van der Waals surface area (Å²) in [7, 11) is -4.28. The molecule has 0 spiro atoms. The van der Waals surface area contributed by atoms with Gasteiger partial charge in [0.05, 0.1) is 12.5 Å². The first-order chi connectivity index (χ1) is 9.47. The highest BCUT2D eigenvalue weighted by atomic mass is 32.2. The van der Waals surface area contributed by atoms with Crippen molar-refractivity contribution in [3.8, 4) is 0 Å². The number of rotatable bonds is 6. The van der Waals surface area contributed by atoms with Crippen molar-refractivity contribution in [2.75, 3.05) is 13.3 Å². The molecule has 0 aliphatic rings. The second-order valence-electron chi connectivity index (χ2n) is 3.98. The van der Waals surface area contributed by atoms with Crippen molar-refractivity contribution >= 4 is 27.8 Å². The number of oxime groups is 1. The molecule has 1 aromatic carbocycles. The average molecular weight is 321 g/mol. The minimum atomic E-state index is -4.28. The molecule has 0 bridgehead atoms. The smallest absolute Gasteiger partial charge is 0.314 e. The van der Waals surface area contributed by atoms with Crippen LogP contribution in [0.2, 0.25) is 0 Å². The lowest BCUT2D eigenvalue weighted by molar-refractivity contribution is 0.307. The molecular weight excluding hydrogens is 305 g/mol. The molecule has 8 heteroatoms. The topological polar surface area (TPSA) is 76.0 Å². The van der Waals surface area contributed by atoms with Gasteiger partial charge in [0.15, 0.2) is 0 Å². The Balaban J connectivity index is 3.19. The van der Waals surface area contributed by atoms with Crippen LogP contribution in [-0.2, 0) is 14.3 Å². The zero-order valence-electron chi connectivity index (χ0n) is 10.9. The number of thiol groups is 1. The molecule has 1 N–H and O–H groups in total. The molecule has 0 heterocycles. The molecule has 0 aromatic heterocycles. The van der Waals surface area contributed by atoms with Crippen molar-refractivity contribution in [3.05, 3.63) is 29.8 Å². The van der Waals surface area contributed by atoms with Gasteiger partial charge in [-0.1, -0.05) is 30.3 Å². The van der Waals surface area contributed by atoms with Crippen molar-refractivity contribution in [2.24, 2.45) is 5.16 Å². The molecule has 0 aliphatic heterocycles. The molecule has 0 radical (unpaired) electrons. The first-order valence-corrected chi connectivity index (χ1v) is 7.78. The highest BCUT2D eigenvalue weighted by Gasteiger charge is 2.32. The Kier molecular flexibility index (Phi) is 6.44. The molecule has 0 aliphatic carbocycles. The summed E-state index contributed by atoms with van der Waals surface area (Å²) in [4.78, 5) is 0.405. The van der Waals surface area contributed by atoms with Gasteiger partial charge in [-0.25, -0.2) is 4.39 Å². The van der Waals surface area contributed by atoms with Crippen molar-refractivity contribution in [2.45, 2.75) is 24.2 Å². The van der Waals surface area contributed by atoms with Gasteiger partial charge in [0, 0.05) is 4.90 Å². The van der Waals surface area contributed by atoms with Crippen LogP contribution >= 0.6 is 12.6 Å². The number of nitrogens with zero attached hydrogens (tertiary/aromatic N) is 1. The van der Waals surface area contributed by atoms with E-state index in [4.69, 9.17) is 5.21 Å². The van der Waals surface area contributed by atoms with E-state index in [2.05, 4.69) is 22.0 Å². The lowest BCUT2D eigenvalue weighted by atomic mass is 10.0. The van der Waals surface area contributed by atoms with E-state index in [1.54, 1.807) is 25.1 Å². The third-order valence-electron chi connectivity index (χ3n) is 2.56. The summed E-state index contributed by atoms with van der Waals surface area (Å²) >= 11 is 4.15. The monoisotopic (exact) mass is 321 g/mol. The highest BCUT2D eigenvalue weighted by molar-refractivity contribution is 8.02. The lowest BCUT2D eigenvalue weighted by Gasteiger charge is -2.16. The van der Waals surface area contributed by atoms with Crippen LogP contribution < -0.4 is 0 Å². The van der Waals surface area contributed by atoms with E-state index in [1.165, 1.54) is 6.07 Å². The standard InChI is InChI=1S/C12H16FNO4S2/c1-2-7-18-20(16,17)12(14-15)10(8-13)9-5-3-4-6-11(9)19/h3-6,10,15,19H,2,7-8H2,1H3. The van der Waals surface area contributed by atoms with E-state index >= 15 is 0 Å². The van der Waals surface area contributed by atoms with Crippen LogP contribution in [0.4, 0.5) is 4.39 Å². The summed E-state index contributed by atoms with van der Waals surface area (Å²) in [6.45, 7) is 0.607. The Morgan fingerprint density at radius 3 is 2.65 bits per heavy atom. The van der Waals surface area contributed by atoms with Gasteiger partial charge in [0.2, 0.25) is 5.04 Å². The number of alkyl halides is 1. The molecule has 0 saturated carbocycles. The van der Waals surface area contributed by atoms with Gasteiger partial charge in [0.1, 0.15) is 6.67 Å². The number of benzene rings is 1. The molecule has 1 atom stereocenters. The second kappa shape index (κ2) is 7.61. The Morgan fingerprint density at radius 1 is 1.50 bits per heavy atom. The molecule has 0 fully saturated rings. The Labute approximate surface area is 123 Å². The fourth-order valence-electron chi connectivity index (χ4n) is 1.61. The molecule has 1 unspecified atom stereocenters. The van der Waals surface area contributed by atoms with Gasteiger partial charge in [-0.3, -0.25) is 4.18 Å². The maximum Gasteiger partial charge on any atom is 0.314 e. The van der Waals surface area contributed by atoms with Crippen LogP contribution in [0.5, 0.6) is 0 Å². The van der Waals surface area contributed by atoms with E-state index in [9.17, 15) is 12.8 Å². The van der Waals surface area contributed by atoms with E-state index in [-0.39, 0.29) is 6.61 Å². The van der Waals surface area contributed by atoms with Crippen molar-refractivity contribution in [1.29, 1.82) is 0 Å². The number of hydrogen-bond donors (Lipinski definition) is 2. The first-order valence-electron chi connectivity index (χ1n) is 5.93. The van der Waals surface area contributed by atoms with Crippen LogP contribution in [0, 0.1) is 0 Å². The Morgan fingerprint density at radius 2 is 2.15 bits per heavy atom. The SMILES string of the molecule is CCCOS(=O)(=O)C(=NO)C(CF)c1ccccc1S. The molecule has 5 nitrogen and oxygen atoms in total. The lowest BCUT2D eigenvalue weighted by Crippen LogP contribution is -2.27. The molecule has 0 saturated heterocycles. The highest BCUT2D eigenvalue weighted by Crippen LogP contribution is 2.27. The van der Waals surface area contributed by atoms with Gasteiger partial charge in [0.25, 0.3) is 0 Å². The van der Waals surface area contributed by atoms with Crippen molar-refractivity contribution < 1.29 is 22.2 Å². The molecular formula is C12H16FNO4S2. The van der Waals surface area contributed by atoms with E-state index in [0.29, 0.717) is 16.9 Å². The minimum Gasteiger partial charge on any atom is -0.410 e. The van der Waals surface area contributed by atoms with Gasteiger partial charge in [-0.15, -0.1) is 12.6 Å². The van der Waals surface area contributed by atoms with Gasteiger partial charge in [-0.05, 0) is 18.1 Å². The minimum absolute atomic E-state index is 0.0666. The Hall–Kier alpha value is -1.12. The molecule has 0 amide bonds. The maximum absolute atomic E-state index is 13.3. The summed E-state index contributed by atoms with van der Waals surface area (Å²) in [6.07, 6.45) is 0.460. The second-order valence-corrected chi connectivity index (χ2v) is 6.02. The van der Waals surface area contributed by atoms with E-state index in [1.807, 2.05) is 0 Å². The summed E-state index contributed by atoms with van der Waals surface area (Å²) in [5.74, 6) is -1.25. The average Bonchev–Trinajstić information content (AvgIpc) is 2.43. The largest absolute Gasteiger partial charge is 0.410 e. The quantitative estimate of drug-likeness (QED) is 0.211. The fraction of sp³-hybridized carbons (Fsp3) is 0.417. The summed E-state index contributed by atoms with van der Waals surface area (Å²) < 4.78 is 41.7. The third kappa shape index (κ3) is 3.94. The predicted octanol–water partition coefficient (Wildman–Crippen LogP) is 2.57. The molecule has 112 valence electrons. The van der Waals surface area contributed by atoms with E-state index in [0.717, 1.165) is 0 Å². The van der Waals surface area contributed by atoms with Gasteiger partial charge in [-0.2, -0.15) is 8.42 Å². The van der Waals surface area contributed by atoms with Crippen molar-refractivity contribution in [3.63, 3.8) is 0 Å². The van der Waals surface area contributed by atoms with Crippen LogP contribution in [0.25, 0.3) is 0 Å². The Bertz CT molecular complexity index is 575. The fourth-order valence-corrected chi connectivity index (χ4v) is 3.07. The summed E-state index contributed by atoms with van der Waals surface area (Å²) in [5, 5.41) is 10.9.